The Morgan fingerprint density at radius 3 is 2.58 bits per heavy atom. The van der Waals surface area contributed by atoms with Gasteiger partial charge in [-0.1, -0.05) is 36.4 Å². The molecule has 7 nitrogen and oxygen atoms in total. The first-order chi connectivity index (χ1) is 14.9. The average molecular weight is 457 g/mol. The highest BCUT2D eigenvalue weighted by atomic mass is 32.2. The van der Waals surface area contributed by atoms with Crippen LogP contribution >= 0.6 is 11.8 Å². The van der Waals surface area contributed by atoms with E-state index in [1.807, 2.05) is 24.3 Å². The van der Waals surface area contributed by atoms with Crippen LogP contribution in [0.4, 0.5) is 5.69 Å². The number of thioether (sulfide) groups is 1. The Bertz CT molecular complexity index is 1190. The average Bonchev–Trinajstić information content (AvgIpc) is 2.79. The van der Waals surface area contributed by atoms with E-state index in [1.54, 1.807) is 31.3 Å². The number of benzene rings is 2. The number of hydrogen-bond donors (Lipinski definition) is 1. The van der Waals surface area contributed by atoms with Gasteiger partial charge in [0.25, 0.3) is 0 Å². The molecule has 1 unspecified atom stereocenters. The highest BCUT2D eigenvalue weighted by molar-refractivity contribution is 8.00. The summed E-state index contributed by atoms with van der Waals surface area (Å²) in [5.41, 5.74) is 2.03. The van der Waals surface area contributed by atoms with E-state index < -0.39 is 15.3 Å². The molecule has 0 radical (unpaired) electrons. The van der Waals surface area contributed by atoms with E-state index >= 15 is 0 Å². The molecular formula is C22H24N4O3S2. The van der Waals surface area contributed by atoms with Crippen LogP contribution in [0.1, 0.15) is 26.2 Å². The minimum Gasteiger partial charge on any atom is -0.325 e. The van der Waals surface area contributed by atoms with Crippen molar-refractivity contribution < 1.29 is 13.2 Å². The quantitative estimate of drug-likeness (QED) is 0.565. The lowest BCUT2D eigenvalue weighted by Crippen LogP contribution is -2.35. The zero-order chi connectivity index (χ0) is 21.8. The summed E-state index contributed by atoms with van der Waals surface area (Å²) in [4.78, 5) is 21.8. The number of anilines is 1. The SMILES string of the molecule is CC(Sc1cnc2ccccc2n1)C(=O)Nc1cccc(S(=O)(=O)N2CCCCC2)c1. The minimum absolute atomic E-state index is 0.202. The third-order valence-electron chi connectivity index (χ3n) is 5.15. The number of sulfonamides is 1. The molecule has 1 fully saturated rings. The fourth-order valence-electron chi connectivity index (χ4n) is 3.46. The smallest absolute Gasteiger partial charge is 0.243 e. The van der Waals surface area contributed by atoms with Crippen LogP contribution in [0.15, 0.2) is 64.6 Å². The van der Waals surface area contributed by atoms with Crippen molar-refractivity contribution in [2.24, 2.45) is 0 Å². The van der Waals surface area contributed by atoms with Gasteiger partial charge in [0.2, 0.25) is 15.9 Å². The van der Waals surface area contributed by atoms with Gasteiger partial charge in [-0.25, -0.2) is 13.4 Å². The Labute approximate surface area is 186 Å². The van der Waals surface area contributed by atoms with Crippen LogP contribution < -0.4 is 5.32 Å². The van der Waals surface area contributed by atoms with E-state index in [-0.39, 0.29) is 10.8 Å². The van der Waals surface area contributed by atoms with Crippen LogP contribution in [-0.4, -0.2) is 46.9 Å². The summed E-state index contributed by atoms with van der Waals surface area (Å²) in [7, 11) is -3.55. The van der Waals surface area contributed by atoms with Gasteiger partial charge in [-0.3, -0.25) is 9.78 Å². The van der Waals surface area contributed by atoms with Crippen molar-refractivity contribution >= 4 is 44.4 Å². The van der Waals surface area contributed by atoms with Gasteiger partial charge in [-0.15, -0.1) is 0 Å². The Hall–Kier alpha value is -2.49. The lowest BCUT2D eigenvalue weighted by atomic mass is 10.2. The van der Waals surface area contributed by atoms with Gasteiger partial charge in [0.05, 0.1) is 27.4 Å². The molecule has 1 saturated heterocycles. The Kier molecular flexibility index (Phi) is 6.54. The molecule has 0 saturated carbocycles. The number of hydrogen-bond acceptors (Lipinski definition) is 6. The van der Waals surface area contributed by atoms with Crippen molar-refractivity contribution in [1.29, 1.82) is 0 Å². The first-order valence-corrected chi connectivity index (χ1v) is 12.5. The van der Waals surface area contributed by atoms with Crippen LogP contribution in [0.5, 0.6) is 0 Å². The number of carbonyl (C=O) groups excluding carboxylic acids is 1. The molecule has 0 bridgehead atoms. The van der Waals surface area contributed by atoms with E-state index in [0.717, 1.165) is 30.3 Å². The van der Waals surface area contributed by atoms with Crippen LogP contribution in [0.2, 0.25) is 0 Å². The number of amides is 1. The van der Waals surface area contributed by atoms with Crippen molar-refractivity contribution in [3.63, 3.8) is 0 Å². The number of nitrogens with one attached hydrogen (secondary N) is 1. The van der Waals surface area contributed by atoms with Crippen molar-refractivity contribution in [2.75, 3.05) is 18.4 Å². The topological polar surface area (TPSA) is 92.3 Å². The molecule has 1 amide bonds. The van der Waals surface area contributed by atoms with Crippen molar-refractivity contribution in [2.45, 2.75) is 41.4 Å². The Morgan fingerprint density at radius 2 is 1.81 bits per heavy atom. The summed E-state index contributed by atoms with van der Waals surface area (Å²) >= 11 is 1.31. The van der Waals surface area contributed by atoms with Crippen LogP contribution in [0.25, 0.3) is 11.0 Å². The van der Waals surface area contributed by atoms with E-state index in [0.29, 0.717) is 23.8 Å². The maximum Gasteiger partial charge on any atom is 0.243 e. The van der Waals surface area contributed by atoms with Crippen LogP contribution in [-0.2, 0) is 14.8 Å². The summed E-state index contributed by atoms with van der Waals surface area (Å²) in [6, 6.07) is 14.0. The normalized spacial score (nSPS) is 16.2. The lowest BCUT2D eigenvalue weighted by Gasteiger charge is -2.26. The molecule has 1 N–H and O–H groups in total. The van der Waals surface area contributed by atoms with Crippen molar-refractivity contribution in [1.82, 2.24) is 14.3 Å². The van der Waals surface area contributed by atoms with E-state index in [2.05, 4.69) is 15.3 Å². The third kappa shape index (κ3) is 5.06. The second-order valence-corrected chi connectivity index (χ2v) is 10.7. The summed E-state index contributed by atoms with van der Waals surface area (Å²) in [6.45, 7) is 2.87. The Balaban J connectivity index is 1.44. The van der Waals surface area contributed by atoms with Gasteiger partial charge in [0, 0.05) is 18.8 Å². The number of fused-ring (bicyclic) bond motifs is 1. The van der Waals surface area contributed by atoms with Crippen LogP contribution in [0, 0.1) is 0 Å². The monoisotopic (exact) mass is 456 g/mol. The maximum absolute atomic E-state index is 12.9. The molecule has 9 heteroatoms. The number of piperidine rings is 1. The van der Waals surface area contributed by atoms with Crippen LogP contribution in [0.3, 0.4) is 0 Å². The largest absolute Gasteiger partial charge is 0.325 e. The second kappa shape index (κ2) is 9.33. The van der Waals surface area contributed by atoms with E-state index in [4.69, 9.17) is 0 Å². The fraction of sp³-hybridized carbons (Fsp3) is 0.318. The molecule has 4 rings (SSSR count). The predicted octanol–water partition coefficient (Wildman–Crippen LogP) is 3.92. The highest BCUT2D eigenvalue weighted by Gasteiger charge is 2.26. The summed E-state index contributed by atoms with van der Waals surface area (Å²) < 4.78 is 27.3. The zero-order valence-electron chi connectivity index (χ0n) is 17.2. The minimum atomic E-state index is -3.55. The number of nitrogens with zero attached hydrogens (tertiary/aromatic N) is 3. The summed E-state index contributed by atoms with van der Waals surface area (Å²) in [5.74, 6) is -0.229. The molecule has 2 aromatic carbocycles. The molecule has 1 aliphatic heterocycles. The number of aromatic nitrogens is 2. The number of carbonyl (C=O) groups is 1. The van der Waals surface area contributed by atoms with Gasteiger partial charge in [0.15, 0.2) is 0 Å². The summed E-state index contributed by atoms with van der Waals surface area (Å²) in [5, 5.41) is 3.05. The van der Waals surface area contributed by atoms with E-state index in [9.17, 15) is 13.2 Å². The maximum atomic E-state index is 12.9. The molecule has 162 valence electrons. The van der Waals surface area contributed by atoms with E-state index in [1.165, 1.54) is 22.1 Å². The van der Waals surface area contributed by atoms with Gasteiger partial charge < -0.3 is 5.32 Å². The molecule has 3 aromatic rings. The van der Waals surface area contributed by atoms with Gasteiger partial charge in [0.1, 0.15) is 5.03 Å². The van der Waals surface area contributed by atoms with Crippen molar-refractivity contribution in [3.8, 4) is 0 Å². The molecule has 1 aliphatic rings. The molecule has 2 heterocycles. The molecule has 0 spiro atoms. The third-order valence-corrected chi connectivity index (χ3v) is 8.05. The molecule has 31 heavy (non-hydrogen) atoms. The fourth-order valence-corrected chi connectivity index (χ4v) is 5.82. The van der Waals surface area contributed by atoms with Gasteiger partial charge in [-0.2, -0.15) is 4.31 Å². The van der Waals surface area contributed by atoms with Gasteiger partial charge >= 0.3 is 0 Å². The lowest BCUT2D eigenvalue weighted by molar-refractivity contribution is -0.115. The van der Waals surface area contributed by atoms with Crippen molar-refractivity contribution in [3.05, 3.63) is 54.7 Å². The molecule has 1 aromatic heterocycles. The Morgan fingerprint density at radius 1 is 1.06 bits per heavy atom. The molecular weight excluding hydrogens is 432 g/mol. The predicted molar refractivity (Wildman–Crippen MR) is 123 cm³/mol. The molecule has 0 aliphatic carbocycles. The molecule has 1 atom stereocenters. The van der Waals surface area contributed by atoms with Gasteiger partial charge in [-0.05, 0) is 50.1 Å². The highest BCUT2D eigenvalue weighted by Crippen LogP contribution is 2.25. The zero-order valence-corrected chi connectivity index (χ0v) is 18.8. The number of rotatable bonds is 6. The first kappa shape index (κ1) is 21.7. The standard InChI is InChI=1S/C22H24N4O3S2/c1-16(30-21-15-23-19-10-3-4-11-20(19)25-21)22(27)24-17-8-7-9-18(14-17)31(28,29)26-12-5-2-6-13-26/h3-4,7-11,14-16H,2,5-6,12-13H2,1H3,(H,24,27). The first-order valence-electron chi connectivity index (χ1n) is 10.2. The number of para-hydroxylation sites is 2. The summed E-state index contributed by atoms with van der Waals surface area (Å²) in [6.07, 6.45) is 4.46. The second-order valence-electron chi connectivity index (χ2n) is 7.44.